The van der Waals surface area contributed by atoms with Gasteiger partial charge in [0.05, 0.1) is 18.4 Å². The first-order valence-electron chi connectivity index (χ1n) is 7.24. The Morgan fingerprint density at radius 1 is 1.35 bits per heavy atom. The Labute approximate surface area is 124 Å². The Kier molecular flexibility index (Phi) is 5.25. The van der Waals surface area contributed by atoms with Crippen molar-refractivity contribution in [3.8, 4) is 0 Å². The Morgan fingerprint density at radius 2 is 1.95 bits per heavy atom. The summed E-state index contributed by atoms with van der Waals surface area (Å²) in [5.41, 5.74) is 0.679. The van der Waals surface area contributed by atoms with Crippen LogP contribution in [0.4, 0.5) is 0 Å². The molecule has 0 saturated carbocycles. The van der Waals surface area contributed by atoms with Crippen LogP contribution in [0, 0.1) is 5.92 Å². The number of hydrogen-bond acceptors (Lipinski definition) is 3. The average Bonchev–Trinajstić information content (AvgIpc) is 2.48. The van der Waals surface area contributed by atoms with Crippen molar-refractivity contribution in [1.82, 2.24) is 0 Å². The highest BCUT2D eigenvalue weighted by Crippen LogP contribution is 2.40. The molecule has 0 radical (unpaired) electrons. The molecule has 0 saturated heterocycles. The topological polar surface area (TPSA) is 35.5 Å². The van der Waals surface area contributed by atoms with Crippen molar-refractivity contribution in [2.45, 2.75) is 58.7 Å². The number of hydrogen-bond donors (Lipinski definition) is 0. The predicted octanol–water partition coefficient (Wildman–Crippen LogP) is 4.42. The van der Waals surface area contributed by atoms with Crippen LogP contribution >= 0.6 is 0 Å². The summed E-state index contributed by atoms with van der Waals surface area (Å²) in [5.74, 6) is 0.954. The molecule has 114 valence electrons. The van der Waals surface area contributed by atoms with Crippen molar-refractivity contribution in [1.29, 1.82) is 0 Å². The van der Waals surface area contributed by atoms with E-state index in [1.807, 2.05) is 6.08 Å². The van der Waals surface area contributed by atoms with Crippen LogP contribution in [0.3, 0.4) is 0 Å². The molecule has 1 aliphatic rings. The lowest BCUT2D eigenvalue weighted by Gasteiger charge is -2.38. The van der Waals surface area contributed by atoms with Crippen LogP contribution in [0.1, 0.15) is 40.5 Å². The molecule has 1 rings (SSSR count). The third-order valence-electron chi connectivity index (χ3n) is 4.25. The fourth-order valence-electron chi connectivity index (χ4n) is 1.90. The Morgan fingerprint density at radius 3 is 2.45 bits per heavy atom. The van der Waals surface area contributed by atoms with Crippen molar-refractivity contribution >= 4 is 14.3 Å². The molecule has 0 aromatic rings. The lowest BCUT2D eigenvalue weighted by molar-refractivity contribution is -0.136. The average molecular weight is 296 g/mol. The molecule has 0 aliphatic heterocycles. The number of allylic oxidation sites excluding steroid dienone is 3. The van der Waals surface area contributed by atoms with Gasteiger partial charge in [-0.3, -0.25) is 0 Å². The van der Waals surface area contributed by atoms with Gasteiger partial charge in [0.1, 0.15) is 0 Å². The highest BCUT2D eigenvalue weighted by molar-refractivity contribution is 6.74. The second kappa shape index (κ2) is 6.16. The van der Waals surface area contributed by atoms with Gasteiger partial charge in [-0.2, -0.15) is 0 Å². The van der Waals surface area contributed by atoms with Gasteiger partial charge in [-0.25, -0.2) is 4.79 Å². The van der Waals surface area contributed by atoms with Gasteiger partial charge in [0.25, 0.3) is 0 Å². The SMILES string of the molecule is COC(=O)C1=C(O[Si](C)(C)C(C)(C)C)C[C@@H](C)C=CC1. The summed E-state index contributed by atoms with van der Waals surface area (Å²) in [6, 6.07) is 0. The first kappa shape index (κ1) is 17.0. The number of carbonyl (C=O) groups excluding carboxylic acids is 1. The minimum Gasteiger partial charge on any atom is -0.546 e. The zero-order valence-corrected chi connectivity index (χ0v) is 14.9. The van der Waals surface area contributed by atoms with Gasteiger partial charge in [0.2, 0.25) is 8.32 Å². The van der Waals surface area contributed by atoms with Crippen molar-refractivity contribution in [2.75, 3.05) is 7.11 Å². The van der Waals surface area contributed by atoms with Crippen LogP contribution < -0.4 is 0 Å². The molecule has 0 fully saturated rings. The summed E-state index contributed by atoms with van der Waals surface area (Å²) in [6.45, 7) is 13.2. The zero-order valence-electron chi connectivity index (χ0n) is 13.9. The second-order valence-electron chi connectivity index (χ2n) is 7.07. The molecule has 20 heavy (non-hydrogen) atoms. The van der Waals surface area contributed by atoms with E-state index in [1.165, 1.54) is 7.11 Å². The number of esters is 1. The van der Waals surface area contributed by atoms with Crippen LogP contribution in [0.25, 0.3) is 0 Å². The maximum Gasteiger partial charge on any atom is 0.337 e. The molecule has 1 atom stereocenters. The first-order valence-corrected chi connectivity index (χ1v) is 10.2. The number of ether oxygens (including phenoxy) is 1. The van der Waals surface area contributed by atoms with Crippen molar-refractivity contribution < 1.29 is 14.0 Å². The summed E-state index contributed by atoms with van der Waals surface area (Å²) in [7, 11) is -0.510. The third kappa shape index (κ3) is 3.98. The van der Waals surface area contributed by atoms with Crippen molar-refractivity contribution in [3.63, 3.8) is 0 Å². The van der Waals surface area contributed by atoms with E-state index in [1.54, 1.807) is 0 Å². The minimum absolute atomic E-state index is 0.115. The number of rotatable bonds is 3. The van der Waals surface area contributed by atoms with E-state index in [0.29, 0.717) is 17.9 Å². The second-order valence-corrected chi connectivity index (χ2v) is 11.8. The Bertz CT molecular complexity index is 427. The number of methoxy groups -OCH3 is 1. The van der Waals surface area contributed by atoms with E-state index >= 15 is 0 Å². The number of carbonyl (C=O) groups is 1. The maximum absolute atomic E-state index is 12.0. The smallest absolute Gasteiger partial charge is 0.337 e. The van der Waals surface area contributed by atoms with Gasteiger partial charge in [-0.15, -0.1) is 0 Å². The molecule has 0 aromatic carbocycles. The van der Waals surface area contributed by atoms with Gasteiger partial charge >= 0.3 is 5.97 Å². The molecule has 0 N–H and O–H groups in total. The van der Waals surface area contributed by atoms with Crippen LogP contribution in [0.2, 0.25) is 18.1 Å². The van der Waals surface area contributed by atoms with E-state index in [2.05, 4.69) is 46.9 Å². The lowest BCUT2D eigenvalue weighted by Crippen LogP contribution is -2.41. The van der Waals surface area contributed by atoms with Gasteiger partial charge in [-0.05, 0) is 24.1 Å². The van der Waals surface area contributed by atoms with E-state index in [9.17, 15) is 4.79 Å². The van der Waals surface area contributed by atoms with Crippen LogP contribution in [-0.2, 0) is 14.0 Å². The molecule has 4 heteroatoms. The van der Waals surface area contributed by atoms with Crippen LogP contribution in [0.15, 0.2) is 23.5 Å². The Hall–Kier alpha value is -1.03. The molecule has 0 unspecified atom stereocenters. The van der Waals surface area contributed by atoms with E-state index in [0.717, 1.165) is 12.2 Å². The monoisotopic (exact) mass is 296 g/mol. The largest absolute Gasteiger partial charge is 0.546 e. The molecular weight excluding hydrogens is 268 g/mol. The summed E-state index contributed by atoms with van der Waals surface area (Å²) < 4.78 is 11.3. The fourth-order valence-corrected chi connectivity index (χ4v) is 3.03. The highest BCUT2D eigenvalue weighted by Gasteiger charge is 2.40. The predicted molar refractivity (Wildman–Crippen MR) is 84.9 cm³/mol. The normalized spacial score (nSPS) is 20.6. The summed E-state index contributed by atoms with van der Waals surface area (Å²) in [4.78, 5) is 12.0. The van der Waals surface area contributed by atoms with Crippen molar-refractivity contribution in [3.05, 3.63) is 23.5 Å². The molecule has 1 aliphatic carbocycles. The fraction of sp³-hybridized carbons (Fsp3) is 0.688. The molecular formula is C16H28O3Si. The van der Waals surface area contributed by atoms with Crippen LogP contribution in [-0.4, -0.2) is 21.4 Å². The maximum atomic E-state index is 12.0. The van der Waals surface area contributed by atoms with E-state index < -0.39 is 8.32 Å². The van der Waals surface area contributed by atoms with Crippen LogP contribution in [0.5, 0.6) is 0 Å². The zero-order chi connectivity index (χ0) is 15.6. The van der Waals surface area contributed by atoms with Gasteiger partial charge in [0.15, 0.2) is 0 Å². The van der Waals surface area contributed by atoms with Crippen molar-refractivity contribution in [2.24, 2.45) is 5.92 Å². The van der Waals surface area contributed by atoms with Gasteiger partial charge in [0, 0.05) is 12.8 Å². The summed E-state index contributed by atoms with van der Waals surface area (Å²) >= 11 is 0. The molecule has 0 aromatic heterocycles. The molecule has 0 bridgehead atoms. The Balaban J connectivity index is 3.13. The standard InChI is InChI=1S/C16H28O3Si/c1-12-9-8-10-13(15(17)18-5)14(11-12)19-20(6,7)16(2,3)4/h8-9,12H,10-11H2,1-7H3/t12-/m0/s1. The molecule has 3 nitrogen and oxygen atoms in total. The molecule has 0 amide bonds. The van der Waals surface area contributed by atoms with E-state index in [-0.39, 0.29) is 11.0 Å². The third-order valence-corrected chi connectivity index (χ3v) is 8.62. The summed E-state index contributed by atoms with van der Waals surface area (Å²) in [6.07, 6.45) is 5.55. The van der Waals surface area contributed by atoms with Gasteiger partial charge < -0.3 is 9.16 Å². The molecule has 0 heterocycles. The van der Waals surface area contributed by atoms with E-state index in [4.69, 9.17) is 9.16 Å². The quantitative estimate of drug-likeness (QED) is 0.439. The minimum atomic E-state index is -1.94. The highest BCUT2D eigenvalue weighted by atomic mass is 28.4. The lowest BCUT2D eigenvalue weighted by atomic mass is 10.1. The van der Waals surface area contributed by atoms with Gasteiger partial charge in [-0.1, -0.05) is 39.8 Å². The molecule has 0 spiro atoms. The first-order chi connectivity index (χ1) is 9.08. The summed E-state index contributed by atoms with van der Waals surface area (Å²) in [5, 5.41) is 0.115.